The van der Waals surface area contributed by atoms with Crippen LogP contribution in [0.15, 0.2) is 33.9 Å². The number of rotatable bonds is 3. The lowest BCUT2D eigenvalue weighted by atomic mass is 9.93. The fourth-order valence-corrected chi connectivity index (χ4v) is 5.28. The van der Waals surface area contributed by atoms with Crippen LogP contribution < -0.4 is 16.1 Å². The molecule has 1 aromatic carbocycles. The van der Waals surface area contributed by atoms with Crippen LogP contribution in [-0.2, 0) is 20.1 Å². The van der Waals surface area contributed by atoms with E-state index in [4.69, 9.17) is 16.6 Å². The van der Waals surface area contributed by atoms with Crippen molar-refractivity contribution < 1.29 is 0 Å². The highest BCUT2D eigenvalue weighted by molar-refractivity contribution is 6.30. The Hall–Kier alpha value is -2.54. The number of hydrogen-bond donors (Lipinski definition) is 0. The average Bonchev–Trinajstić information content (AvgIpc) is 3.16. The van der Waals surface area contributed by atoms with Gasteiger partial charge in [-0.25, -0.2) is 4.79 Å². The van der Waals surface area contributed by atoms with Crippen LogP contribution in [0.25, 0.3) is 11.2 Å². The van der Waals surface area contributed by atoms with Crippen LogP contribution in [0.5, 0.6) is 0 Å². The number of aromatic nitrogens is 4. The number of benzene rings is 1. The molecule has 3 heterocycles. The first kappa shape index (κ1) is 20.4. The molecule has 0 unspecified atom stereocenters. The Labute approximate surface area is 185 Å². The summed E-state index contributed by atoms with van der Waals surface area (Å²) in [6, 6.07) is 7.69. The van der Waals surface area contributed by atoms with Crippen molar-refractivity contribution in [3.05, 3.63) is 55.7 Å². The summed E-state index contributed by atoms with van der Waals surface area (Å²) in [5.74, 6) is 1.25. The normalized spacial score (nSPS) is 19.7. The molecule has 7 nitrogen and oxygen atoms in total. The van der Waals surface area contributed by atoms with Crippen LogP contribution in [0.3, 0.4) is 0 Å². The lowest BCUT2D eigenvalue weighted by molar-refractivity contribution is 0.354. The molecule has 2 aromatic heterocycles. The number of nitrogens with zero attached hydrogens (tertiary/aromatic N) is 5. The third-order valence-electron chi connectivity index (χ3n) is 6.74. The van der Waals surface area contributed by atoms with E-state index < -0.39 is 0 Å². The van der Waals surface area contributed by atoms with Gasteiger partial charge in [0.2, 0.25) is 5.95 Å². The molecule has 3 aromatic rings. The molecule has 2 aliphatic rings. The molecule has 1 saturated carbocycles. The van der Waals surface area contributed by atoms with Crippen molar-refractivity contribution in [3.8, 4) is 0 Å². The van der Waals surface area contributed by atoms with E-state index in [1.807, 2.05) is 12.1 Å². The van der Waals surface area contributed by atoms with Gasteiger partial charge in [0.15, 0.2) is 11.2 Å². The summed E-state index contributed by atoms with van der Waals surface area (Å²) in [6.45, 7) is 4.12. The van der Waals surface area contributed by atoms with Gasteiger partial charge in [0.25, 0.3) is 5.56 Å². The topological polar surface area (TPSA) is 65.1 Å². The van der Waals surface area contributed by atoms with E-state index in [1.54, 1.807) is 19.2 Å². The molecule has 1 aliphatic heterocycles. The highest BCUT2D eigenvalue weighted by Gasteiger charge is 2.33. The minimum atomic E-state index is -0.347. The highest BCUT2D eigenvalue weighted by Crippen LogP contribution is 2.33. The number of hydrogen-bond acceptors (Lipinski definition) is 4. The quantitative estimate of drug-likeness (QED) is 0.625. The number of fused-ring (bicyclic) bond motifs is 3. The molecule has 164 valence electrons. The molecular formula is C23H28ClN5O2. The summed E-state index contributed by atoms with van der Waals surface area (Å²) in [6.07, 6.45) is 6.09. The maximum absolute atomic E-state index is 13.5. The second kappa shape index (κ2) is 7.86. The van der Waals surface area contributed by atoms with Crippen molar-refractivity contribution >= 4 is 28.7 Å². The molecule has 0 saturated heterocycles. The average molecular weight is 442 g/mol. The molecular weight excluding hydrogens is 414 g/mol. The zero-order valence-corrected chi connectivity index (χ0v) is 18.8. The van der Waals surface area contributed by atoms with Crippen molar-refractivity contribution in [2.75, 3.05) is 11.4 Å². The predicted molar refractivity (Wildman–Crippen MR) is 123 cm³/mol. The maximum atomic E-state index is 13.5. The molecule has 0 N–H and O–H groups in total. The minimum Gasteiger partial charge on any atom is -0.339 e. The number of halogens is 1. The molecule has 0 radical (unpaired) electrons. The zero-order valence-electron chi connectivity index (χ0n) is 18.1. The van der Waals surface area contributed by atoms with Gasteiger partial charge in [-0.05, 0) is 36.5 Å². The van der Waals surface area contributed by atoms with Gasteiger partial charge in [0.05, 0.1) is 6.54 Å². The standard InChI is InChI=1S/C23H28ClN5O2/c1-15-12-27(18-6-4-3-5-7-18)22-25-20-19(28(22)13-15)21(30)29(23(31)26(20)2)14-16-8-10-17(24)11-9-16/h8-11,15,18H,3-7,12-14H2,1-2H3/t15-/m1/s1. The number of aryl methyl sites for hydroxylation is 1. The predicted octanol–water partition coefficient (Wildman–Crippen LogP) is 3.39. The van der Waals surface area contributed by atoms with E-state index in [1.165, 1.54) is 28.4 Å². The van der Waals surface area contributed by atoms with Gasteiger partial charge < -0.3 is 9.47 Å². The van der Waals surface area contributed by atoms with Crippen LogP contribution in [0.4, 0.5) is 5.95 Å². The Balaban J connectivity index is 1.66. The molecule has 5 rings (SSSR count). The van der Waals surface area contributed by atoms with Crippen LogP contribution >= 0.6 is 11.6 Å². The van der Waals surface area contributed by atoms with E-state index in [0.717, 1.165) is 37.4 Å². The van der Waals surface area contributed by atoms with Gasteiger partial charge >= 0.3 is 5.69 Å². The molecule has 0 spiro atoms. The van der Waals surface area contributed by atoms with Gasteiger partial charge in [-0.15, -0.1) is 0 Å². The van der Waals surface area contributed by atoms with E-state index in [0.29, 0.717) is 28.1 Å². The molecule has 0 bridgehead atoms. The third kappa shape index (κ3) is 3.49. The van der Waals surface area contributed by atoms with Crippen LogP contribution in [-0.4, -0.2) is 31.3 Å². The van der Waals surface area contributed by atoms with Crippen LogP contribution in [0.1, 0.15) is 44.6 Å². The largest absolute Gasteiger partial charge is 0.339 e. The molecule has 1 atom stereocenters. The number of anilines is 1. The summed E-state index contributed by atoms with van der Waals surface area (Å²) in [5.41, 5.74) is 1.24. The Morgan fingerprint density at radius 3 is 2.48 bits per heavy atom. The lowest BCUT2D eigenvalue weighted by Crippen LogP contribution is -2.45. The van der Waals surface area contributed by atoms with Gasteiger partial charge in [0.1, 0.15) is 0 Å². The van der Waals surface area contributed by atoms with Crippen molar-refractivity contribution in [1.82, 2.24) is 18.7 Å². The summed E-state index contributed by atoms with van der Waals surface area (Å²) < 4.78 is 4.88. The molecule has 1 aliphatic carbocycles. The summed E-state index contributed by atoms with van der Waals surface area (Å²) in [4.78, 5) is 33.8. The second-order valence-corrected chi connectivity index (χ2v) is 9.54. The summed E-state index contributed by atoms with van der Waals surface area (Å²) in [7, 11) is 1.70. The maximum Gasteiger partial charge on any atom is 0.332 e. The lowest BCUT2D eigenvalue weighted by Gasteiger charge is -2.40. The first-order chi connectivity index (χ1) is 14.9. The monoisotopic (exact) mass is 441 g/mol. The van der Waals surface area contributed by atoms with E-state index in [2.05, 4.69) is 16.4 Å². The first-order valence-corrected chi connectivity index (χ1v) is 11.5. The Morgan fingerprint density at radius 2 is 1.77 bits per heavy atom. The summed E-state index contributed by atoms with van der Waals surface area (Å²) >= 11 is 5.99. The van der Waals surface area contributed by atoms with Gasteiger partial charge in [-0.3, -0.25) is 13.9 Å². The van der Waals surface area contributed by atoms with Gasteiger partial charge in [-0.1, -0.05) is 49.9 Å². The fourth-order valence-electron chi connectivity index (χ4n) is 5.16. The zero-order chi connectivity index (χ0) is 21.7. The van der Waals surface area contributed by atoms with Gasteiger partial charge in [-0.2, -0.15) is 4.98 Å². The molecule has 1 fully saturated rings. The Morgan fingerprint density at radius 1 is 1.06 bits per heavy atom. The second-order valence-electron chi connectivity index (χ2n) is 9.10. The van der Waals surface area contributed by atoms with Crippen molar-refractivity contribution in [3.63, 3.8) is 0 Å². The first-order valence-electron chi connectivity index (χ1n) is 11.1. The van der Waals surface area contributed by atoms with Crippen molar-refractivity contribution in [1.29, 1.82) is 0 Å². The fraction of sp³-hybridized carbons (Fsp3) is 0.522. The van der Waals surface area contributed by atoms with Crippen LogP contribution in [0, 0.1) is 5.92 Å². The van der Waals surface area contributed by atoms with Gasteiger partial charge in [0, 0.05) is 31.2 Å². The molecule has 0 amide bonds. The van der Waals surface area contributed by atoms with Crippen molar-refractivity contribution in [2.45, 2.75) is 58.2 Å². The molecule has 31 heavy (non-hydrogen) atoms. The van der Waals surface area contributed by atoms with Crippen LogP contribution in [0.2, 0.25) is 5.02 Å². The van der Waals surface area contributed by atoms with E-state index >= 15 is 0 Å². The third-order valence-corrected chi connectivity index (χ3v) is 6.99. The Kier molecular flexibility index (Phi) is 5.16. The van der Waals surface area contributed by atoms with E-state index in [9.17, 15) is 9.59 Å². The molecule has 8 heteroatoms. The number of imidazole rings is 1. The highest BCUT2D eigenvalue weighted by atomic mass is 35.5. The minimum absolute atomic E-state index is 0.209. The summed E-state index contributed by atoms with van der Waals surface area (Å²) in [5, 5.41) is 0.626. The SMILES string of the molecule is C[C@@H]1CN(C2CCCCC2)c2nc3c(c(=O)n(Cc4ccc(Cl)cc4)c(=O)n3C)n2C1. The van der Waals surface area contributed by atoms with E-state index in [-0.39, 0.29) is 17.8 Å². The Bertz CT molecular complexity index is 1230. The van der Waals surface area contributed by atoms with Crippen molar-refractivity contribution in [2.24, 2.45) is 13.0 Å². The smallest absolute Gasteiger partial charge is 0.332 e.